The smallest absolute Gasteiger partial charge is 0.243 e. The molecule has 1 heterocycles. The van der Waals surface area contributed by atoms with Crippen LogP contribution in [0.1, 0.15) is 5.56 Å². The third-order valence-electron chi connectivity index (χ3n) is 2.52. The quantitative estimate of drug-likeness (QED) is 0.811. The third kappa shape index (κ3) is 3.89. The maximum Gasteiger partial charge on any atom is 0.243 e. The minimum Gasteiger partial charge on any atom is -0.348 e. The summed E-state index contributed by atoms with van der Waals surface area (Å²) in [7, 11) is 3.90. The molecule has 19 heavy (non-hydrogen) atoms. The van der Waals surface area contributed by atoms with E-state index in [4.69, 9.17) is 0 Å². The van der Waals surface area contributed by atoms with E-state index in [-0.39, 0.29) is 5.91 Å². The van der Waals surface area contributed by atoms with E-state index in [1.165, 1.54) is 6.08 Å². The summed E-state index contributed by atoms with van der Waals surface area (Å²) < 4.78 is 4.62. The number of hydrogen-bond donors (Lipinski definition) is 1. The molecule has 1 amide bonds. The van der Waals surface area contributed by atoms with E-state index in [0.29, 0.717) is 17.6 Å². The number of carbonyl (C=O) groups excluding carboxylic acids is 1. The third-order valence-corrected chi connectivity index (χ3v) is 2.52. The van der Waals surface area contributed by atoms with Crippen molar-refractivity contribution >= 4 is 16.9 Å². The second-order valence-corrected chi connectivity index (χ2v) is 4.47. The first-order valence-corrected chi connectivity index (χ1v) is 5.95. The minimum absolute atomic E-state index is 0.111. The van der Waals surface area contributed by atoms with Crippen molar-refractivity contribution in [2.75, 3.05) is 20.6 Å². The van der Waals surface area contributed by atoms with E-state index < -0.39 is 0 Å². The number of fused-ring (bicyclic) bond motifs is 1. The number of rotatable bonds is 5. The van der Waals surface area contributed by atoms with Crippen LogP contribution in [0.3, 0.4) is 0 Å². The highest BCUT2D eigenvalue weighted by atomic mass is 16.6. The molecule has 6 nitrogen and oxygen atoms in total. The summed E-state index contributed by atoms with van der Waals surface area (Å²) in [6.45, 7) is 1.19. The topological polar surface area (TPSA) is 71.3 Å². The summed E-state index contributed by atoms with van der Waals surface area (Å²) in [6.07, 6.45) is 3.36. The van der Waals surface area contributed by atoms with Gasteiger partial charge in [0.2, 0.25) is 5.91 Å². The first-order valence-electron chi connectivity index (χ1n) is 5.95. The number of benzene rings is 1. The van der Waals surface area contributed by atoms with Crippen molar-refractivity contribution < 1.29 is 9.42 Å². The predicted molar refractivity (Wildman–Crippen MR) is 71.3 cm³/mol. The Bertz CT molecular complexity index is 589. The zero-order valence-corrected chi connectivity index (χ0v) is 11.0. The molecular formula is C13H16N4O2. The summed E-state index contributed by atoms with van der Waals surface area (Å²) in [4.78, 5) is 13.5. The number of nitrogens with zero attached hydrogens (tertiary/aromatic N) is 3. The number of hydrogen-bond acceptors (Lipinski definition) is 5. The Hall–Kier alpha value is -2.21. The van der Waals surface area contributed by atoms with Crippen molar-refractivity contribution in [3.8, 4) is 0 Å². The van der Waals surface area contributed by atoms with Gasteiger partial charge in [0.05, 0.1) is 0 Å². The van der Waals surface area contributed by atoms with Gasteiger partial charge >= 0.3 is 0 Å². The van der Waals surface area contributed by atoms with Gasteiger partial charge in [0, 0.05) is 19.2 Å². The molecule has 1 aromatic carbocycles. The van der Waals surface area contributed by atoms with Crippen molar-refractivity contribution in [1.82, 2.24) is 20.5 Å². The average molecular weight is 260 g/mol. The molecule has 2 aromatic rings. The maximum atomic E-state index is 11.5. The lowest BCUT2D eigenvalue weighted by Gasteiger charge is -2.04. The first kappa shape index (κ1) is 13.2. The van der Waals surface area contributed by atoms with Crippen LogP contribution in [-0.4, -0.2) is 41.8 Å². The summed E-state index contributed by atoms with van der Waals surface area (Å²) in [6, 6.07) is 5.54. The predicted octanol–water partition coefficient (Wildman–Crippen LogP) is 0.957. The van der Waals surface area contributed by atoms with Gasteiger partial charge in [-0.1, -0.05) is 12.1 Å². The lowest BCUT2D eigenvalue weighted by atomic mass is 10.2. The first-order chi connectivity index (χ1) is 9.15. The Morgan fingerprint density at radius 1 is 1.37 bits per heavy atom. The molecular weight excluding hydrogens is 244 g/mol. The molecule has 2 rings (SSSR count). The standard InChI is InChI=1S/C13H16N4O2/c1-17(2)7-3-4-13(18)14-9-10-5-6-11-12(8-10)16-19-15-11/h3-6,8H,7,9H2,1-2H3,(H,14,18)/b4-3+. The fraction of sp³-hybridized carbons (Fsp3) is 0.308. The van der Waals surface area contributed by atoms with Crippen LogP contribution in [0.4, 0.5) is 0 Å². The molecule has 0 saturated carbocycles. The van der Waals surface area contributed by atoms with Crippen LogP contribution in [0.5, 0.6) is 0 Å². The Morgan fingerprint density at radius 3 is 2.95 bits per heavy atom. The summed E-state index contributed by atoms with van der Waals surface area (Å²) in [5.41, 5.74) is 2.36. The van der Waals surface area contributed by atoms with Crippen molar-refractivity contribution in [3.05, 3.63) is 35.9 Å². The number of aromatic nitrogens is 2. The van der Waals surface area contributed by atoms with E-state index in [1.54, 1.807) is 0 Å². The van der Waals surface area contributed by atoms with Crippen LogP contribution in [0.25, 0.3) is 11.0 Å². The fourth-order valence-electron chi connectivity index (χ4n) is 1.56. The molecule has 0 atom stereocenters. The van der Waals surface area contributed by atoms with E-state index >= 15 is 0 Å². The number of carbonyl (C=O) groups is 1. The van der Waals surface area contributed by atoms with Crippen LogP contribution in [-0.2, 0) is 11.3 Å². The maximum absolute atomic E-state index is 11.5. The number of nitrogens with one attached hydrogen (secondary N) is 1. The van der Waals surface area contributed by atoms with Crippen LogP contribution in [0.2, 0.25) is 0 Å². The zero-order chi connectivity index (χ0) is 13.7. The minimum atomic E-state index is -0.111. The highest BCUT2D eigenvalue weighted by Crippen LogP contribution is 2.11. The van der Waals surface area contributed by atoms with E-state index in [1.807, 2.05) is 43.3 Å². The second kappa shape index (κ2) is 6.10. The van der Waals surface area contributed by atoms with E-state index in [0.717, 1.165) is 12.1 Å². The molecule has 0 fully saturated rings. The van der Waals surface area contributed by atoms with Gasteiger partial charge in [-0.2, -0.15) is 0 Å². The molecule has 1 aromatic heterocycles. The summed E-state index contributed by atoms with van der Waals surface area (Å²) in [5.74, 6) is -0.111. The van der Waals surface area contributed by atoms with Crippen molar-refractivity contribution in [2.24, 2.45) is 0 Å². The summed E-state index contributed by atoms with van der Waals surface area (Å²) in [5, 5.41) is 10.3. The molecule has 0 unspecified atom stereocenters. The second-order valence-electron chi connectivity index (χ2n) is 4.47. The van der Waals surface area contributed by atoms with Crippen molar-refractivity contribution in [2.45, 2.75) is 6.54 Å². The monoisotopic (exact) mass is 260 g/mol. The van der Waals surface area contributed by atoms with Crippen LogP contribution >= 0.6 is 0 Å². The highest BCUT2D eigenvalue weighted by Gasteiger charge is 2.02. The number of amides is 1. The van der Waals surface area contributed by atoms with Gasteiger partial charge in [0.15, 0.2) is 0 Å². The van der Waals surface area contributed by atoms with Gasteiger partial charge in [-0.05, 0) is 42.1 Å². The van der Waals surface area contributed by atoms with Gasteiger partial charge in [-0.15, -0.1) is 0 Å². The van der Waals surface area contributed by atoms with E-state index in [2.05, 4.69) is 20.3 Å². The molecule has 0 radical (unpaired) electrons. The molecule has 0 bridgehead atoms. The lowest BCUT2D eigenvalue weighted by Crippen LogP contribution is -2.21. The molecule has 0 saturated heterocycles. The SMILES string of the molecule is CN(C)C/C=C/C(=O)NCc1ccc2nonc2c1. The molecule has 6 heteroatoms. The average Bonchev–Trinajstić information content (AvgIpc) is 2.83. The largest absolute Gasteiger partial charge is 0.348 e. The molecule has 0 aliphatic rings. The Labute approximate surface area is 111 Å². The van der Waals surface area contributed by atoms with Crippen molar-refractivity contribution in [1.29, 1.82) is 0 Å². The molecule has 1 N–H and O–H groups in total. The van der Waals surface area contributed by atoms with Gasteiger partial charge < -0.3 is 10.2 Å². The normalized spacial score (nSPS) is 11.5. The van der Waals surface area contributed by atoms with Gasteiger partial charge in [0.1, 0.15) is 11.0 Å². The number of likely N-dealkylation sites (N-methyl/N-ethyl adjacent to an activating group) is 1. The van der Waals surface area contributed by atoms with Crippen LogP contribution < -0.4 is 5.32 Å². The lowest BCUT2D eigenvalue weighted by molar-refractivity contribution is -0.116. The van der Waals surface area contributed by atoms with Crippen molar-refractivity contribution in [3.63, 3.8) is 0 Å². The van der Waals surface area contributed by atoms with Gasteiger partial charge in [-0.3, -0.25) is 4.79 Å². The zero-order valence-electron chi connectivity index (χ0n) is 11.0. The summed E-state index contributed by atoms with van der Waals surface area (Å²) >= 11 is 0. The van der Waals surface area contributed by atoms with Gasteiger partial charge in [0.25, 0.3) is 0 Å². The Morgan fingerprint density at radius 2 is 2.16 bits per heavy atom. The van der Waals surface area contributed by atoms with Crippen LogP contribution in [0.15, 0.2) is 35.0 Å². The Kier molecular flexibility index (Phi) is 4.25. The molecule has 0 aliphatic carbocycles. The van der Waals surface area contributed by atoms with Crippen LogP contribution in [0, 0.1) is 0 Å². The Balaban J connectivity index is 1.87. The molecule has 100 valence electrons. The molecule has 0 aliphatic heterocycles. The fourth-order valence-corrected chi connectivity index (χ4v) is 1.56. The highest BCUT2D eigenvalue weighted by molar-refractivity contribution is 5.87. The molecule has 0 spiro atoms. The van der Waals surface area contributed by atoms with E-state index in [9.17, 15) is 4.79 Å². The van der Waals surface area contributed by atoms with Gasteiger partial charge in [-0.25, -0.2) is 4.63 Å².